The highest BCUT2D eigenvalue weighted by molar-refractivity contribution is 9.10. The molecule has 0 radical (unpaired) electrons. The lowest BCUT2D eigenvalue weighted by molar-refractivity contribution is 0.0688. The molecule has 0 spiro atoms. The standard InChI is InChI=1S/C15H17BrN2O3/c1-9-6-10(2)14(12(16)7-9)18-8-11(4-3-5-19)13(17-18)15(20)21/h6-8,19H,3-5H2,1-2H3,(H,20,21). The van der Waals surface area contributed by atoms with Gasteiger partial charge >= 0.3 is 5.97 Å². The zero-order valence-electron chi connectivity index (χ0n) is 11.9. The topological polar surface area (TPSA) is 75.4 Å². The summed E-state index contributed by atoms with van der Waals surface area (Å²) in [6.45, 7) is 3.99. The largest absolute Gasteiger partial charge is 0.476 e. The second kappa shape index (κ2) is 6.41. The Morgan fingerprint density at radius 2 is 2.10 bits per heavy atom. The fourth-order valence-corrected chi connectivity index (χ4v) is 3.21. The Labute approximate surface area is 131 Å². The quantitative estimate of drug-likeness (QED) is 0.867. The summed E-state index contributed by atoms with van der Waals surface area (Å²) < 4.78 is 2.46. The molecule has 2 N–H and O–H groups in total. The van der Waals surface area contributed by atoms with E-state index < -0.39 is 5.97 Å². The number of aryl methyl sites for hydroxylation is 3. The van der Waals surface area contributed by atoms with Crippen LogP contribution in [0.1, 0.15) is 33.6 Å². The van der Waals surface area contributed by atoms with Gasteiger partial charge < -0.3 is 10.2 Å². The van der Waals surface area contributed by atoms with E-state index >= 15 is 0 Å². The molecule has 0 aliphatic heterocycles. The highest BCUT2D eigenvalue weighted by Gasteiger charge is 2.18. The van der Waals surface area contributed by atoms with Gasteiger partial charge in [-0.1, -0.05) is 6.07 Å². The summed E-state index contributed by atoms with van der Waals surface area (Å²) in [5.41, 5.74) is 3.63. The van der Waals surface area contributed by atoms with Gasteiger partial charge in [0.2, 0.25) is 0 Å². The number of aliphatic hydroxyl groups excluding tert-OH is 1. The number of rotatable bonds is 5. The Kier molecular flexibility index (Phi) is 4.80. The maximum atomic E-state index is 11.3. The molecule has 2 aromatic rings. The van der Waals surface area contributed by atoms with Crippen LogP contribution in [0.15, 0.2) is 22.8 Å². The third-order valence-corrected chi connectivity index (χ3v) is 3.83. The molecule has 1 aromatic heterocycles. The number of nitrogens with zero attached hydrogens (tertiary/aromatic N) is 2. The maximum absolute atomic E-state index is 11.3. The first kappa shape index (κ1) is 15.7. The highest BCUT2D eigenvalue weighted by Crippen LogP contribution is 2.27. The fourth-order valence-electron chi connectivity index (χ4n) is 2.35. The molecule has 1 aromatic carbocycles. The monoisotopic (exact) mass is 352 g/mol. The van der Waals surface area contributed by atoms with Crippen molar-refractivity contribution in [2.75, 3.05) is 6.61 Å². The van der Waals surface area contributed by atoms with Gasteiger partial charge in [-0.25, -0.2) is 9.48 Å². The molecule has 0 fully saturated rings. The van der Waals surface area contributed by atoms with Crippen LogP contribution in [-0.4, -0.2) is 32.6 Å². The van der Waals surface area contributed by atoms with Crippen molar-refractivity contribution in [3.05, 3.63) is 45.2 Å². The zero-order valence-corrected chi connectivity index (χ0v) is 13.5. The van der Waals surface area contributed by atoms with E-state index in [9.17, 15) is 9.90 Å². The SMILES string of the molecule is Cc1cc(C)c(-n2cc(CCCO)c(C(=O)O)n2)c(Br)c1. The lowest BCUT2D eigenvalue weighted by Gasteiger charge is -2.09. The summed E-state index contributed by atoms with van der Waals surface area (Å²) in [6.07, 6.45) is 2.72. The Bertz CT molecular complexity index is 657. The lowest BCUT2D eigenvalue weighted by atomic mass is 10.1. The van der Waals surface area contributed by atoms with Crippen LogP contribution < -0.4 is 0 Å². The number of carboxylic acids is 1. The summed E-state index contributed by atoms with van der Waals surface area (Å²) in [5.74, 6) is -1.05. The number of aromatic carboxylic acids is 1. The zero-order chi connectivity index (χ0) is 15.6. The van der Waals surface area contributed by atoms with E-state index in [1.165, 1.54) is 0 Å². The first-order chi connectivity index (χ1) is 9.93. The Balaban J connectivity index is 2.52. The number of aromatic nitrogens is 2. The van der Waals surface area contributed by atoms with E-state index in [-0.39, 0.29) is 12.3 Å². The number of carboxylic acid groups (broad SMARTS) is 1. The smallest absolute Gasteiger partial charge is 0.356 e. The van der Waals surface area contributed by atoms with Crippen molar-refractivity contribution in [3.8, 4) is 5.69 Å². The predicted octanol–water partition coefficient (Wildman–Crippen LogP) is 2.87. The van der Waals surface area contributed by atoms with Crippen molar-refractivity contribution < 1.29 is 15.0 Å². The second-order valence-corrected chi connectivity index (χ2v) is 5.85. The molecule has 0 saturated carbocycles. The number of hydrogen-bond acceptors (Lipinski definition) is 3. The first-order valence-electron chi connectivity index (χ1n) is 6.64. The van der Waals surface area contributed by atoms with Crippen molar-refractivity contribution in [3.63, 3.8) is 0 Å². The predicted molar refractivity (Wildman–Crippen MR) is 83.1 cm³/mol. The molecule has 0 atom stereocenters. The highest BCUT2D eigenvalue weighted by atomic mass is 79.9. The van der Waals surface area contributed by atoms with Gasteiger partial charge in [-0.15, -0.1) is 0 Å². The van der Waals surface area contributed by atoms with E-state index in [1.54, 1.807) is 10.9 Å². The number of benzene rings is 1. The van der Waals surface area contributed by atoms with Crippen LogP contribution in [0.3, 0.4) is 0 Å². The molecule has 21 heavy (non-hydrogen) atoms. The Morgan fingerprint density at radius 3 is 2.67 bits per heavy atom. The van der Waals surface area contributed by atoms with Gasteiger partial charge in [-0.05, 0) is 59.8 Å². The Hall–Kier alpha value is -1.66. The second-order valence-electron chi connectivity index (χ2n) is 4.99. The van der Waals surface area contributed by atoms with Crippen molar-refractivity contribution in [1.82, 2.24) is 9.78 Å². The molecule has 0 unspecified atom stereocenters. The Morgan fingerprint density at radius 1 is 1.38 bits per heavy atom. The van der Waals surface area contributed by atoms with Gasteiger partial charge in [0, 0.05) is 22.8 Å². The van der Waals surface area contributed by atoms with Crippen molar-refractivity contribution in [2.45, 2.75) is 26.7 Å². The number of halogens is 1. The summed E-state index contributed by atoms with van der Waals surface area (Å²) >= 11 is 3.51. The summed E-state index contributed by atoms with van der Waals surface area (Å²) in [5, 5.41) is 22.4. The minimum atomic E-state index is -1.05. The van der Waals surface area contributed by atoms with Crippen LogP contribution in [0.2, 0.25) is 0 Å². The van der Waals surface area contributed by atoms with Gasteiger partial charge in [-0.3, -0.25) is 0 Å². The van der Waals surface area contributed by atoms with Gasteiger partial charge in [0.15, 0.2) is 5.69 Å². The van der Waals surface area contributed by atoms with Gasteiger partial charge in [0.05, 0.1) is 5.69 Å². The maximum Gasteiger partial charge on any atom is 0.356 e. The van der Waals surface area contributed by atoms with E-state index in [2.05, 4.69) is 21.0 Å². The summed E-state index contributed by atoms with van der Waals surface area (Å²) in [6, 6.07) is 3.99. The number of aliphatic hydroxyl groups is 1. The molecular formula is C15H17BrN2O3. The van der Waals surface area contributed by atoms with Crippen molar-refractivity contribution in [1.29, 1.82) is 0 Å². The third-order valence-electron chi connectivity index (χ3n) is 3.22. The molecule has 6 heteroatoms. The van der Waals surface area contributed by atoms with E-state index in [1.807, 2.05) is 26.0 Å². The average molecular weight is 353 g/mol. The molecule has 0 bridgehead atoms. The van der Waals surface area contributed by atoms with Gasteiger partial charge in [-0.2, -0.15) is 5.10 Å². The summed E-state index contributed by atoms with van der Waals surface area (Å²) in [7, 11) is 0. The minimum Gasteiger partial charge on any atom is -0.476 e. The first-order valence-corrected chi connectivity index (χ1v) is 7.43. The average Bonchev–Trinajstić information content (AvgIpc) is 2.79. The molecule has 2 rings (SSSR count). The fraction of sp³-hybridized carbons (Fsp3) is 0.333. The van der Waals surface area contributed by atoms with Crippen LogP contribution in [-0.2, 0) is 6.42 Å². The number of hydrogen-bond donors (Lipinski definition) is 2. The molecule has 0 saturated heterocycles. The van der Waals surface area contributed by atoms with Gasteiger partial charge in [0.1, 0.15) is 0 Å². The van der Waals surface area contributed by atoms with Crippen LogP contribution in [0.4, 0.5) is 0 Å². The van der Waals surface area contributed by atoms with Crippen LogP contribution >= 0.6 is 15.9 Å². The molecule has 0 amide bonds. The summed E-state index contributed by atoms with van der Waals surface area (Å²) in [4.78, 5) is 11.3. The van der Waals surface area contributed by atoms with E-state index in [0.717, 1.165) is 21.3 Å². The number of carbonyl (C=O) groups is 1. The van der Waals surface area contributed by atoms with E-state index in [4.69, 9.17) is 5.11 Å². The van der Waals surface area contributed by atoms with E-state index in [0.29, 0.717) is 18.4 Å². The molecule has 5 nitrogen and oxygen atoms in total. The van der Waals surface area contributed by atoms with Gasteiger partial charge in [0.25, 0.3) is 0 Å². The molecule has 1 heterocycles. The third kappa shape index (κ3) is 3.33. The molecule has 112 valence electrons. The van der Waals surface area contributed by atoms with Crippen molar-refractivity contribution in [2.24, 2.45) is 0 Å². The normalized spacial score (nSPS) is 10.9. The molecule has 0 aliphatic carbocycles. The van der Waals surface area contributed by atoms with Crippen LogP contribution in [0, 0.1) is 13.8 Å². The van der Waals surface area contributed by atoms with Crippen LogP contribution in [0.25, 0.3) is 5.69 Å². The lowest BCUT2D eigenvalue weighted by Crippen LogP contribution is -2.04. The molecular weight excluding hydrogens is 336 g/mol. The van der Waals surface area contributed by atoms with Crippen molar-refractivity contribution >= 4 is 21.9 Å². The minimum absolute atomic E-state index is 0.0253. The molecule has 0 aliphatic rings. The van der Waals surface area contributed by atoms with Crippen LogP contribution in [0.5, 0.6) is 0 Å².